The first-order valence-corrected chi connectivity index (χ1v) is 14.5. The van der Waals surface area contributed by atoms with Gasteiger partial charge in [0, 0.05) is 17.9 Å². The van der Waals surface area contributed by atoms with Crippen molar-refractivity contribution < 1.29 is 49.3 Å². The number of aldehydes is 1. The van der Waals surface area contributed by atoms with Crippen LogP contribution in [0.4, 0.5) is 0 Å². The van der Waals surface area contributed by atoms with Crippen LogP contribution in [0.1, 0.15) is 71.6 Å². The molecule has 5 fully saturated rings. The Kier molecular flexibility index (Phi) is 6.62. The molecule has 1 unspecified atom stereocenters. The Morgan fingerprint density at radius 3 is 2.41 bits per heavy atom. The number of cyclic esters (lactones) is 1. The highest BCUT2D eigenvalue weighted by Gasteiger charge is 2.71. The van der Waals surface area contributed by atoms with Crippen LogP contribution in [0.25, 0.3) is 0 Å². The van der Waals surface area contributed by atoms with Gasteiger partial charge in [0.2, 0.25) is 0 Å². The van der Waals surface area contributed by atoms with Crippen molar-refractivity contribution in [2.45, 2.75) is 120 Å². The molecular formula is C29H42O10. The van der Waals surface area contributed by atoms with Gasteiger partial charge in [0.15, 0.2) is 6.29 Å². The van der Waals surface area contributed by atoms with Crippen molar-refractivity contribution in [2.24, 2.45) is 28.6 Å². The Labute approximate surface area is 228 Å². The highest BCUT2D eigenvalue weighted by molar-refractivity contribution is 5.85. The fourth-order valence-corrected chi connectivity index (χ4v) is 9.75. The largest absolute Gasteiger partial charge is 0.458 e. The molecule has 0 spiro atoms. The molecule has 0 aromatic rings. The van der Waals surface area contributed by atoms with Crippen molar-refractivity contribution in [1.82, 2.24) is 0 Å². The molecule has 0 amide bonds. The fraction of sp³-hybridized carbons (Fsp3) is 0.862. The molecule has 0 aromatic carbocycles. The Hall–Kier alpha value is -1.40. The molecule has 218 valence electrons. The lowest BCUT2D eigenvalue weighted by Crippen LogP contribution is -2.69. The molecule has 39 heavy (non-hydrogen) atoms. The zero-order chi connectivity index (χ0) is 28.0. The molecule has 6 rings (SSSR count). The van der Waals surface area contributed by atoms with E-state index in [9.17, 15) is 35.1 Å². The van der Waals surface area contributed by atoms with Gasteiger partial charge in [-0.1, -0.05) is 6.92 Å². The number of hydrogen-bond acceptors (Lipinski definition) is 10. The van der Waals surface area contributed by atoms with E-state index in [-0.39, 0.29) is 36.8 Å². The normalized spacial score (nSPS) is 55.2. The van der Waals surface area contributed by atoms with E-state index in [0.717, 1.165) is 18.3 Å². The van der Waals surface area contributed by atoms with Gasteiger partial charge >= 0.3 is 5.97 Å². The molecule has 13 atom stereocenters. The van der Waals surface area contributed by atoms with Gasteiger partial charge in [0.25, 0.3) is 0 Å². The maximum absolute atomic E-state index is 13.0. The molecule has 6 aliphatic rings. The molecule has 4 aliphatic carbocycles. The number of aliphatic hydroxyl groups excluding tert-OH is 3. The van der Waals surface area contributed by atoms with E-state index in [0.29, 0.717) is 44.9 Å². The second-order valence-corrected chi connectivity index (χ2v) is 13.4. The predicted octanol–water partition coefficient (Wildman–Crippen LogP) is 0.750. The van der Waals surface area contributed by atoms with Crippen LogP contribution < -0.4 is 0 Å². The lowest BCUT2D eigenvalue weighted by atomic mass is 9.41. The minimum absolute atomic E-state index is 0.0465. The summed E-state index contributed by atoms with van der Waals surface area (Å²) in [5.74, 6) is -0.616. The molecular weight excluding hydrogens is 508 g/mol. The summed E-state index contributed by atoms with van der Waals surface area (Å²) in [6.45, 7) is 3.98. The second kappa shape index (κ2) is 9.31. The molecule has 4 saturated carbocycles. The molecule has 10 nitrogen and oxygen atoms in total. The van der Waals surface area contributed by atoms with Crippen LogP contribution >= 0.6 is 0 Å². The van der Waals surface area contributed by atoms with Crippen LogP contribution in [-0.4, -0.2) is 92.4 Å². The summed E-state index contributed by atoms with van der Waals surface area (Å²) in [5, 5.41) is 55.0. The zero-order valence-electron chi connectivity index (χ0n) is 22.7. The average Bonchev–Trinajstić information content (AvgIpc) is 3.45. The highest BCUT2D eigenvalue weighted by atomic mass is 16.7. The molecule has 2 aliphatic heterocycles. The fourth-order valence-electron chi connectivity index (χ4n) is 9.75. The van der Waals surface area contributed by atoms with Gasteiger partial charge in [0.1, 0.15) is 31.2 Å². The number of aliphatic hydroxyl groups is 5. The minimum atomic E-state index is -1.43. The zero-order valence-corrected chi connectivity index (χ0v) is 22.7. The van der Waals surface area contributed by atoms with Crippen LogP contribution in [0, 0.1) is 28.6 Å². The molecule has 10 heteroatoms. The number of fused-ring (bicyclic) bond motifs is 5. The number of ether oxygens (including phenoxy) is 3. The molecule has 1 saturated heterocycles. The first kappa shape index (κ1) is 27.8. The summed E-state index contributed by atoms with van der Waals surface area (Å²) in [5.41, 5.74) is -2.86. The van der Waals surface area contributed by atoms with Crippen molar-refractivity contribution in [1.29, 1.82) is 0 Å². The first-order chi connectivity index (χ1) is 18.4. The Morgan fingerprint density at radius 2 is 1.72 bits per heavy atom. The van der Waals surface area contributed by atoms with Crippen LogP contribution in [0.3, 0.4) is 0 Å². The average molecular weight is 551 g/mol. The number of hydrogen-bond donors (Lipinski definition) is 5. The van der Waals surface area contributed by atoms with Gasteiger partial charge in [-0.15, -0.1) is 0 Å². The number of carbonyl (C=O) groups excluding carboxylic acids is 2. The maximum atomic E-state index is 13.0. The van der Waals surface area contributed by atoms with E-state index in [1.807, 2.05) is 0 Å². The van der Waals surface area contributed by atoms with E-state index >= 15 is 0 Å². The minimum Gasteiger partial charge on any atom is -0.458 e. The van der Waals surface area contributed by atoms with Gasteiger partial charge in [-0.2, -0.15) is 0 Å². The summed E-state index contributed by atoms with van der Waals surface area (Å²) in [7, 11) is 0. The molecule has 0 bridgehead atoms. The first-order valence-electron chi connectivity index (χ1n) is 14.5. The third-order valence-corrected chi connectivity index (χ3v) is 12.0. The van der Waals surface area contributed by atoms with Crippen molar-refractivity contribution in [2.75, 3.05) is 6.61 Å². The van der Waals surface area contributed by atoms with Crippen LogP contribution in [0.15, 0.2) is 11.6 Å². The predicted molar refractivity (Wildman–Crippen MR) is 135 cm³/mol. The van der Waals surface area contributed by atoms with Crippen molar-refractivity contribution >= 4 is 12.3 Å². The molecule has 5 N–H and O–H groups in total. The summed E-state index contributed by atoms with van der Waals surface area (Å²) >= 11 is 0. The lowest BCUT2D eigenvalue weighted by molar-refractivity contribution is -0.317. The van der Waals surface area contributed by atoms with Crippen molar-refractivity contribution in [3.8, 4) is 0 Å². The number of carbonyl (C=O) groups is 2. The van der Waals surface area contributed by atoms with E-state index in [1.165, 1.54) is 0 Å². The Balaban J connectivity index is 1.22. The van der Waals surface area contributed by atoms with Gasteiger partial charge in [-0.25, -0.2) is 4.79 Å². The van der Waals surface area contributed by atoms with Gasteiger partial charge < -0.3 is 44.5 Å². The van der Waals surface area contributed by atoms with Crippen LogP contribution in [0.5, 0.6) is 0 Å². The van der Waals surface area contributed by atoms with E-state index in [4.69, 9.17) is 14.2 Å². The van der Waals surface area contributed by atoms with Gasteiger partial charge in [0.05, 0.1) is 28.8 Å². The van der Waals surface area contributed by atoms with Crippen LogP contribution in [0.2, 0.25) is 0 Å². The summed E-state index contributed by atoms with van der Waals surface area (Å²) < 4.78 is 16.9. The van der Waals surface area contributed by atoms with Gasteiger partial charge in [-0.3, -0.25) is 0 Å². The molecule has 0 radical (unpaired) electrons. The standard InChI is InChI=1S/C29H42O10/c1-15-22(32)23(33)24(34)25(38-15)39-17-3-8-27(14-30)19-4-7-26(2)18(16-11-21(31)37-13-16)6-10-29(26,36)20(19)5-9-28(27,35)12-17/h11,14-15,17-20,22-25,32-36H,3-10,12-13H2,1-2H3/t15-,17-,18+,19-,20+,22-,23+,24+,25-,26+,27-,28+,29?/m0/s1. The van der Waals surface area contributed by atoms with Crippen LogP contribution in [-0.2, 0) is 23.8 Å². The Bertz CT molecular complexity index is 1050. The topological polar surface area (TPSA) is 163 Å². The summed E-state index contributed by atoms with van der Waals surface area (Å²) in [6, 6.07) is 0. The van der Waals surface area contributed by atoms with E-state index < -0.39 is 58.8 Å². The second-order valence-electron chi connectivity index (χ2n) is 13.4. The third kappa shape index (κ3) is 3.78. The highest BCUT2D eigenvalue weighted by Crippen LogP contribution is 2.70. The SMILES string of the molecule is C[C@@H]1O[C@@H](O[C@H]2CC[C@]3(C=O)[C@H]4CC[C@]5(C)[C@@H](C6=CC(=O)OC6)CCC5(O)[C@@H]4CC[C@@]3(O)C2)[C@H](O)[C@H](O)[C@H]1O. The summed E-state index contributed by atoms with van der Waals surface area (Å²) in [4.78, 5) is 24.8. The van der Waals surface area contributed by atoms with E-state index in [2.05, 4.69) is 6.92 Å². The summed E-state index contributed by atoms with van der Waals surface area (Å²) in [6.07, 6.45) is 0.689. The van der Waals surface area contributed by atoms with Crippen molar-refractivity contribution in [3.63, 3.8) is 0 Å². The maximum Gasteiger partial charge on any atom is 0.331 e. The third-order valence-electron chi connectivity index (χ3n) is 12.0. The van der Waals surface area contributed by atoms with Crippen molar-refractivity contribution in [3.05, 3.63) is 11.6 Å². The monoisotopic (exact) mass is 550 g/mol. The molecule has 2 heterocycles. The number of esters is 1. The number of rotatable bonds is 4. The quantitative estimate of drug-likeness (QED) is 0.192. The smallest absolute Gasteiger partial charge is 0.331 e. The lowest BCUT2D eigenvalue weighted by Gasteiger charge is -2.65. The Morgan fingerprint density at radius 1 is 0.974 bits per heavy atom. The van der Waals surface area contributed by atoms with E-state index in [1.54, 1.807) is 13.0 Å². The van der Waals surface area contributed by atoms with Gasteiger partial charge in [-0.05, 0) is 81.6 Å². The molecule has 0 aromatic heterocycles.